The maximum atomic E-state index is 8.35. The molecule has 65 valence electrons. The average Bonchev–Trinajstić information content (AvgIpc) is 1.96. The van der Waals surface area contributed by atoms with Gasteiger partial charge in [-0.25, -0.2) is 0 Å². The van der Waals surface area contributed by atoms with Gasteiger partial charge in [0, 0.05) is 32.7 Å². The standard InChI is InChI=1S/C10H10NO.Y/c1-7-4-8(2)10(12-6-11)9(3)5-7;/h4-5H,1H2,2-3H3;/q-1;. The summed E-state index contributed by atoms with van der Waals surface area (Å²) in [5, 5.41) is 8.35. The molecule has 0 heterocycles. The Hall–Kier alpha value is -0.516. The van der Waals surface area contributed by atoms with Crippen molar-refractivity contribution < 1.29 is 37.4 Å². The Morgan fingerprint density at radius 3 is 2.15 bits per heavy atom. The van der Waals surface area contributed by atoms with E-state index in [-0.39, 0.29) is 32.7 Å². The Kier molecular flexibility index (Phi) is 5.06. The van der Waals surface area contributed by atoms with E-state index in [1.807, 2.05) is 26.0 Å². The van der Waals surface area contributed by atoms with Crippen molar-refractivity contribution in [3.05, 3.63) is 35.7 Å². The van der Waals surface area contributed by atoms with Crippen molar-refractivity contribution in [2.45, 2.75) is 13.8 Å². The second-order valence-corrected chi connectivity index (χ2v) is 2.75. The summed E-state index contributed by atoms with van der Waals surface area (Å²) in [7, 11) is 0. The minimum Gasteiger partial charge on any atom is -0.390 e. The second-order valence-electron chi connectivity index (χ2n) is 2.75. The van der Waals surface area contributed by atoms with Crippen LogP contribution >= 0.6 is 0 Å². The molecule has 3 heteroatoms. The first kappa shape index (κ1) is 12.5. The van der Waals surface area contributed by atoms with E-state index in [0.717, 1.165) is 16.7 Å². The Balaban J connectivity index is 0.00000144. The molecule has 0 aliphatic rings. The van der Waals surface area contributed by atoms with Crippen molar-refractivity contribution in [1.29, 1.82) is 5.26 Å². The fourth-order valence-corrected chi connectivity index (χ4v) is 1.25. The van der Waals surface area contributed by atoms with Crippen LogP contribution in [0.25, 0.3) is 0 Å². The maximum Gasteiger partial charge on any atom is 0.292 e. The van der Waals surface area contributed by atoms with Crippen LogP contribution in [0.4, 0.5) is 0 Å². The topological polar surface area (TPSA) is 33.0 Å². The number of ether oxygens (including phenoxy) is 1. The third-order valence-electron chi connectivity index (χ3n) is 1.67. The molecule has 0 aliphatic carbocycles. The zero-order valence-electron chi connectivity index (χ0n) is 7.79. The maximum absolute atomic E-state index is 8.35. The molecule has 1 rings (SSSR count). The van der Waals surface area contributed by atoms with E-state index in [4.69, 9.17) is 10.00 Å². The van der Waals surface area contributed by atoms with E-state index in [1.165, 1.54) is 0 Å². The molecule has 1 aromatic carbocycles. The number of nitriles is 1. The van der Waals surface area contributed by atoms with Crippen LogP contribution in [0.3, 0.4) is 0 Å². The molecule has 0 atom stereocenters. The number of nitrogens with zero attached hydrogens (tertiary/aromatic N) is 1. The van der Waals surface area contributed by atoms with E-state index >= 15 is 0 Å². The largest absolute Gasteiger partial charge is 0.390 e. The molecule has 13 heavy (non-hydrogen) atoms. The normalized spacial score (nSPS) is 8.38. The van der Waals surface area contributed by atoms with E-state index in [9.17, 15) is 0 Å². The fourth-order valence-electron chi connectivity index (χ4n) is 1.25. The van der Waals surface area contributed by atoms with Crippen molar-refractivity contribution in [3.8, 4) is 12.0 Å². The fraction of sp³-hybridized carbons (Fsp3) is 0.200. The first-order valence-corrected chi connectivity index (χ1v) is 3.64. The summed E-state index contributed by atoms with van der Waals surface area (Å²) < 4.78 is 4.80. The number of benzene rings is 1. The van der Waals surface area contributed by atoms with Gasteiger partial charge in [-0.1, -0.05) is 11.1 Å². The summed E-state index contributed by atoms with van der Waals surface area (Å²) in [6.07, 6.45) is 1.66. The smallest absolute Gasteiger partial charge is 0.292 e. The number of hydrogen-bond donors (Lipinski definition) is 0. The average molecular weight is 249 g/mol. The predicted molar refractivity (Wildman–Crippen MR) is 46.6 cm³/mol. The monoisotopic (exact) mass is 249 g/mol. The van der Waals surface area contributed by atoms with E-state index in [1.54, 1.807) is 6.26 Å². The molecule has 0 amide bonds. The van der Waals surface area contributed by atoms with E-state index in [2.05, 4.69) is 6.92 Å². The predicted octanol–water partition coefficient (Wildman–Crippen LogP) is 2.34. The molecular formula is C10H10NOY-. The SMILES string of the molecule is [CH2-]c1cc(C)c(OC#N)c(C)c1.[Y]. The Labute approximate surface area is 104 Å². The van der Waals surface area contributed by atoms with Gasteiger partial charge in [-0.05, 0) is 13.8 Å². The molecule has 1 aromatic rings. The summed E-state index contributed by atoms with van der Waals surface area (Å²) in [6.45, 7) is 7.60. The van der Waals surface area contributed by atoms with Gasteiger partial charge in [0.1, 0.15) is 5.75 Å². The number of aryl methyl sites for hydroxylation is 2. The molecular weight excluding hydrogens is 239 g/mol. The van der Waals surface area contributed by atoms with Crippen molar-refractivity contribution >= 4 is 0 Å². The van der Waals surface area contributed by atoms with Crippen molar-refractivity contribution in [2.24, 2.45) is 0 Å². The van der Waals surface area contributed by atoms with Crippen molar-refractivity contribution in [2.75, 3.05) is 0 Å². The Morgan fingerprint density at radius 2 is 1.77 bits per heavy atom. The molecule has 0 N–H and O–H groups in total. The van der Waals surface area contributed by atoms with Gasteiger partial charge in [0.15, 0.2) is 0 Å². The summed E-state index contributed by atoms with van der Waals surface area (Å²) in [6, 6.07) is 3.78. The van der Waals surface area contributed by atoms with Crippen molar-refractivity contribution in [3.63, 3.8) is 0 Å². The Morgan fingerprint density at radius 1 is 1.31 bits per heavy atom. The first-order chi connectivity index (χ1) is 5.65. The summed E-state index contributed by atoms with van der Waals surface area (Å²) in [4.78, 5) is 0. The molecule has 0 saturated carbocycles. The van der Waals surface area contributed by atoms with Gasteiger partial charge in [0.05, 0.1) is 0 Å². The molecule has 0 aliphatic heterocycles. The third-order valence-corrected chi connectivity index (χ3v) is 1.67. The molecule has 0 bridgehead atoms. The summed E-state index contributed by atoms with van der Waals surface area (Å²) in [5.74, 6) is 0.643. The molecule has 0 spiro atoms. The van der Waals surface area contributed by atoms with Crippen LogP contribution in [0.2, 0.25) is 0 Å². The summed E-state index contributed by atoms with van der Waals surface area (Å²) >= 11 is 0. The Bertz CT molecular complexity index is 318. The minimum absolute atomic E-state index is 0. The molecule has 0 unspecified atom stereocenters. The van der Waals surface area contributed by atoms with Crippen molar-refractivity contribution in [1.82, 2.24) is 0 Å². The summed E-state index contributed by atoms with van der Waals surface area (Å²) in [5.41, 5.74) is 2.83. The van der Waals surface area contributed by atoms with Crippen LogP contribution in [0, 0.1) is 32.3 Å². The van der Waals surface area contributed by atoms with Crippen LogP contribution in [0.15, 0.2) is 12.1 Å². The van der Waals surface area contributed by atoms with E-state index in [0.29, 0.717) is 5.75 Å². The molecule has 2 nitrogen and oxygen atoms in total. The van der Waals surface area contributed by atoms with Gasteiger partial charge < -0.3 is 4.74 Å². The zero-order valence-corrected chi connectivity index (χ0v) is 10.6. The molecule has 0 saturated heterocycles. The number of rotatable bonds is 1. The molecule has 0 fully saturated rings. The van der Waals surface area contributed by atoms with Gasteiger partial charge in [-0.15, -0.1) is 5.26 Å². The zero-order chi connectivity index (χ0) is 9.14. The number of hydrogen-bond acceptors (Lipinski definition) is 2. The quantitative estimate of drug-likeness (QED) is 0.565. The molecule has 0 aromatic heterocycles. The second kappa shape index (κ2) is 5.26. The molecule has 1 radical (unpaired) electrons. The van der Waals surface area contributed by atoms with Crippen LogP contribution in [0.1, 0.15) is 16.7 Å². The minimum atomic E-state index is 0. The van der Waals surface area contributed by atoms with Gasteiger partial charge in [0.25, 0.3) is 6.26 Å². The van der Waals surface area contributed by atoms with Gasteiger partial charge >= 0.3 is 0 Å². The van der Waals surface area contributed by atoms with Gasteiger partial charge in [-0.3, -0.25) is 0 Å². The third kappa shape index (κ3) is 3.02. The van der Waals surface area contributed by atoms with E-state index < -0.39 is 0 Å². The van der Waals surface area contributed by atoms with Crippen LogP contribution in [-0.4, -0.2) is 0 Å². The first-order valence-electron chi connectivity index (χ1n) is 3.64. The van der Waals surface area contributed by atoms with Gasteiger partial charge in [0.2, 0.25) is 0 Å². The van der Waals surface area contributed by atoms with Gasteiger partial charge in [-0.2, -0.15) is 24.6 Å². The van der Waals surface area contributed by atoms with Crippen LogP contribution in [0.5, 0.6) is 5.75 Å². The van der Waals surface area contributed by atoms with Crippen LogP contribution < -0.4 is 4.74 Å². The van der Waals surface area contributed by atoms with Crippen LogP contribution in [-0.2, 0) is 32.7 Å².